The summed E-state index contributed by atoms with van der Waals surface area (Å²) in [6.07, 6.45) is -5.45. The first kappa shape index (κ1) is 19.7. The molecule has 0 aliphatic carbocycles. The second-order valence-electron chi connectivity index (χ2n) is 5.56. The van der Waals surface area contributed by atoms with Gasteiger partial charge in [-0.15, -0.1) is 0 Å². The first-order valence-corrected chi connectivity index (χ1v) is 9.04. The van der Waals surface area contributed by atoms with E-state index in [-0.39, 0.29) is 16.5 Å². The van der Waals surface area contributed by atoms with Gasteiger partial charge in [0.2, 0.25) is 0 Å². The lowest BCUT2D eigenvalue weighted by Crippen LogP contribution is -2.18. The number of fused-ring (bicyclic) bond motifs is 1. The van der Waals surface area contributed by atoms with E-state index >= 15 is 0 Å². The van der Waals surface area contributed by atoms with E-state index in [1.54, 1.807) is 12.1 Å². The van der Waals surface area contributed by atoms with Gasteiger partial charge >= 0.3 is 11.0 Å². The van der Waals surface area contributed by atoms with E-state index in [0.717, 1.165) is 29.5 Å². The number of alkyl halides is 3. The van der Waals surface area contributed by atoms with Gasteiger partial charge in [0.05, 0.1) is 26.5 Å². The van der Waals surface area contributed by atoms with Crippen LogP contribution < -0.4 is 9.61 Å². The Morgan fingerprint density at radius 2 is 1.93 bits per heavy atom. The maximum absolute atomic E-state index is 12.8. The van der Waals surface area contributed by atoms with Crippen LogP contribution in [0.2, 0.25) is 5.02 Å². The summed E-state index contributed by atoms with van der Waals surface area (Å²) in [5, 5.41) is -0.911. The third-order valence-electron chi connectivity index (χ3n) is 3.70. The van der Waals surface area contributed by atoms with Gasteiger partial charge in [-0.1, -0.05) is 22.9 Å². The molecule has 0 N–H and O–H groups in total. The molecule has 27 heavy (non-hydrogen) atoms. The molecule has 0 aliphatic heterocycles. The number of ether oxygens (including phenoxy) is 1. The first-order valence-electron chi connectivity index (χ1n) is 7.46. The van der Waals surface area contributed by atoms with Crippen LogP contribution in [0.4, 0.5) is 13.2 Å². The van der Waals surface area contributed by atoms with Crippen molar-refractivity contribution >= 4 is 50.0 Å². The van der Waals surface area contributed by atoms with Crippen molar-refractivity contribution in [2.24, 2.45) is 0 Å². The van der Waals surface area contributed by atoms with Gasteiger partial charge in [-0.2, -0.15) is 13.2 Å². The fraction of sp³-hybridized carbons (Fsp3) is 0.176. The van der Waals surface area contributed by atoms with Crippen LogP contribution in [0.3, 0.4) is 0 Å². The Kier molecular flexibility index (Phi) is 5.24. The Morgan fingerprint density at radius 3 is 2.52 bits per heavy atom. The average molecular weight is 436 g/mol. The Balaban J connectivity index is 2.13. The van der Waals surface area contributed by atoms with Crippen LogP contribution >= 0.6 is 34.5 Å². The fourth-order valence-electron chi connectivity index (χ4n) is 2.41. The average Bonchev–Trinajstić information content (AvgIpc) is 2.89. The second kappa shape index (κ2) is 7.18. The molecule has 0 bridgehead atoms. The molecule has 3 aromatic rings. The molecule has 142 valence electrons. The number of carbonyl (C=O) groups excluding carboxylic acids is 1. The molecule has 2 aromatic carbocycles. The number of carbonyl (C=O) groups is 1. The Labute approximate surface area is 164 Å². The molecular weight excluding hydrogens is 426 g/mol. The van der Waals surface area contributed by atoms with E-state index in [2.05, 4.69) is 0 Å². The summed E-state index contributed by atoms with van der Waals surface area (Å²) in [5.41, 5.74) is -0.416. The topological polar surface area (TPSA) is 48.3 Å². The van der Waals surface area contributed by atoms with Gasteiger partial charge in [0.1, 0.15) is 5.75 Å². The number of benzene rings is 2. The zero-order valence-corrected chi connectivity index (χ0v) is 15.8. The van der Waals surface area contributed by atoms with Crippen molar-refractivity contribution in [2.45, 2.75) is 19.2 Å². The smallest absolute Gasteiger partial charge is 0.416 e. The predicted octanol–water partition coefficient (Wildman–Crippen LogP) is 5.26. The molecule has 1 heterocycles. The molecule has 10 heteroatoms. The number of rotatable bonds is 4. The van der Waals surface area contributed by atoms with Crippen molar-refractivity contribution in [1.29, 1.82) is 0 Å². The quantitative estimate of drug-likeness (QED) is 0.525. The molecule has 1 unspecified atom stereocenters. The van der Waals surface area contributed by atoms with Crippen LogP contribution in [-0.2, 0) is 11.0 Å². The van der Waals surface area contributed by atoms with Gasteiger partial charge in [-0.3, -0.25) is 14.2 Å². The van der Waals surface area contributed by atoms with E-state index in [4.69, 9.17) is 27.9 Å². The third kappa shape index (κ3) is 3.97. The van der Waals surface area contributed by atoms with Gasteiger partial charge in [-0.25, -0.2) is 0 Å². The number of hydrogen-bond donors (Lipinski definition) is 0. The van der Waals surface area contributed by atoms with Crippen LogP contribution in [0, 0.1) is 0 Å². The molecule has 0 aliphatic rings. The molecular formula is C17H10Cl2F3NO3S. The zero-order chi connectivity index (χ0) is 19.9. The summed E-state index contributed by atoms with van der Waals surface area (Å²) >= 11 is 12.3. The second-order valence-corrected chi connectivity index (χ2v) is 7.33. The maximum Gasteiger partial charge on any atom is 0.416 e. The monoisotopic (exact) mass is 435 g/mol. The summed E-state index contributed by atoms with van der Waals surface area (Å²) in [5.74, 6) is 0.276. The lowest BCUT2D eigenvalue weighted by atomic mass is 10.2. The van der Waals surface area contributed by atoms with E-state index in [1.165, 1.54) is 17.6 Å². The zero-order valence-electron chi connectivity index (χ0n) is 13.5. The molecule has 0 radical (unpaired) electrons. The Morgan fingerprint density at radius 1 is 1.22 bits per heavy atom. The summed E-state index contributed by atoms with van der Waals surface area (Å²) in [6, 6.07) is 7.42. The number of thiazole rings is 1. The van der Waals surface area contributed by atoms with Crippen molar-refractivity contribution in [1.82, 2.24) is 4.57 Å². The SMILES string of the molecule is CC(Oc1ccc2sc(=O)n(-c3ccc(C(F)(F)F)cc3Cl)c2c1)C(=O)Cl. The predicted molar refractivity (Wildman–Crippen MR) is 98.4 cm³/mol. The molecule has 0 saturated carbocycles. The number of hydrogen-bond acceptors (Lipinski definition) is 4. The van der Waals surface area contributed by atoms with E-state index in [0.29, 0.717) is 10.2 Å². The van der Waals surface area contributed by atoms with Gasteiger partial charge in [0.15, 0.2) is 6.10 Å². The van der Waals surface area contributed by atoms with Gasteiger partial charge in [0.25, 0.3) is 5.24 Å². The molecule has 0 spiro atoms. The van der Waals surface area contributed by atoms with Crippen LogP contribution in [0.5, 0.6) is 5.75 Å². The highest BCUT2D eigenvalue weighted by molar-refractivity contribution is 7.16. The molecule has 3 rings (SSSR count). The van der Waals surface area contributed by atoms with Crippen LogP contribution in [0.25, 0.3) is 15.9 Å². The fourth-order valence-corrected chi connectivity index (χ4v) is 3.59. The van der Waals surface area contributed by atoms with Crippen LogP contribution in [-0.4, -0.2) is 15.9 Å². The number of halogens is 5. The van der Waals surface area contributed by atoms with Crippen LogP contribution in [0.1, 0.15) is 12.5 Å². The number of nitrogens with zero attached hydrogens (tertiary/aromatic N) is 1. The largest absolute Gasteiger partial charge is 0.481 e. The molecule has 1 atom stereocenters. The minimum Gasteiger partial charge on any atom is -0.481 e. The van der Waals surface area contributed by atoms with Gasteiger partial charge in [0, 0.05) is 6.07 Å². The Hall–Kier alpha value is -2.03. The standard InChI is InChI=1S/C17H10Cl2F3NO3S/c1-8(15(19)24)26-10-3-5-14-13(7-10)23(16(25)27-14)12-4-2-9(6-11(12)18)17(20,21)22/h2-8H,1H3. The van der Waals surface area contributed by atoms with Crippen LogP contribution in [0.15, 0.2) is 41.2 Å². The third-order valence-corrected chi connectivity index (χ3v) is 5.23. The lowest BCUT2D eigenvalue weighted by molar-refractivity contribution is -0.137. The molecule has 1 aromatic heterocycles. The minimum absolute atomic E-state index is 0.111. The van der Waals surface area contributed by atoms with Gasteiger partial charge in [-0.05, 0) is 48.9 Å². The highest BCUT2D eigenvalue weighted by Gasteiger charge is 2.31. The maximum atomic E-state index is 12.8. The summed E-state index contributed by atoms with van der Waals surface area (Å²) in [6.45, 7) is 1.47. The molecule has 0 saturated heterocycles. The minimum atomic E-state index is -4.55. The van der Waals surface area contributed by atoms with Crippen molar-refractivity contribution in [2.75, 3.05) is 0 Å². The highest BCUT2D eigenvalue weighted by Crippen LogP contribution is 2.34. The van der Waals surface area contributed by atoms with Gasteiger partial charge < -0.3 is 4.74 Å². The van der Waals surface area contributed by atoms with Crippen molar-refractivity contribution in [3.8, 4) is 11.4 Å². The summed E-state index contributed by atoms with van der Waals surface area (Å²) in [7, 11) is 0. The van der Waals surface area contributed by atoms with E-state index < -0.39 is 28.0 Å². The highest BCUT2D eigenvalue weighted by atomic mass is 35.5. The van der Waals surface area contributed by atoms with Crippen molar-refractivity contribution in [3.63, 3.8) is 0 Å². The summed E-state index contributed by atoms with van der Waals surface area (Å²) < 4.78 is 45.7. The van der Waals surface area contributed by atoms with Crippen molar-refractivity contribution < 1.29 is 22.7 Å². The van der Waals surface area contributed by atoms with E-state index in [9.17, 15) is 22.8 Å². The molecule has 0 fully saturated rings. The molecule has 0 amide bonds. The molecule has 4 nitrogen and oxygen atoms in total. The van der Waals surface area contributed by atoms with Crippen molar-refractivity contribution in [3.05, 3.63) is 56.7 Å². The normalized spacial score (nSPS) is 13.0. The van der Waals surface area contributed by atoms with E-state index in [1.807, 2.05) is 0 Å². The summed E-state index contributed by atoms with van der Waals surface area (Å²) in [4.78, 5) is 23.1. The lowest BCUT2D eigenvalue weighted by Gasteiger charge is -2.12. The first-order chi connectivity index (χ1) is 12.6. The number of aromatic nitrogens is 1. The Bertz CT molecular complexity index is 1090.